The number of nitrogens with zero attached hydrogens (tertiary/aromatic N) is 2. The molecule has 34 heavy (non-hydrogen) atoms. The van der Waals surface area contributed by atoms with Gasteiger partial charge in [0.05, 0.1) is 18.6 Å². The van der Waals surface area contributed by atoms with Gasteiger partial charge in [0.15, 0.2) is 0 Å². The number of rotatable bonds is 12. The number of nitrogens with one attached hydrogen (secondary N) is 1. The van der Waals surface area contributed by atoms with Gasteiger partial charge in [-0.05, 0) is 48.8 Å². The molecule has 0 unspecified atom stereocenters. The van der Waals surface area contributed by atoms with Crippen molar-refractivity contribution in [2.75, 3.05) is 46.4 Å². The highest BCUT2D eigenvalue weighted by molar-refractivity contribution is 6.01. The molecule has 1 aliphatic rings. The van der Waals surface area contributed by atoms with E-state index in [0.717, 1.165) is 38.0 Å². The second-order valence-electron chi connectivity index (χ2n) is 8.63. The molecule has 0 bridgehead atoms. The van der Waals surface area contributed by atoms with Gasteiger partial charge in [0, 0.05) is 32.3 Å². The van der Waals surface area contributed by atoms with Gasteiger partial charge in [-0.15, -0.1) is 0 Å². The van der Waals surface area contributed by atoms with Crippen molar-refractivity contribution in [3.8, 4) is 0 Å². The highest BCUT2D eigenvalue weighted by atomic mass is 19.1. The highest BCUT2D eigenvalue weighted by Crippen LogP contribution is 2.42. The Morgan fingerprint density at radius 2 is 1.85 bits per heavy atom. The second-order valence-corrected chi connectivity index (χ2v) is 8.63. The van der Waals surface area contributed by atoms with Crippen molar-refractivity contribution in [2.45, 2.75) is 38.6 Å². The second kappa shape index (κ2) is 12.6. The molecular weight excluding hydrogens is 433 g/mol. The Bertz CT molecular complexity index is 950. The number of ether oxygens (including phenoxy) is 1. The van der Waals surface area contributed by atoms with Gasteiger partial charge in [0.1, 0.15) is 5.82 Å². The Labute approximate surface area is 202 Å². The number of amides is 2. The van der Waals surface area contributed by atoms with E-state index in [1.165, 1.54) is 12.1 Å². The minimum absolute atomic E-state index is 0.136. The van der Waals surface area contributed by atoms with Crippen LogP contribution in [0.15, 0.2) is 48.5 Å². The molecule has 1 heterocycles. The largest absolute Gasteiger partial charge is 0.383 e. The first-order chi connectivity index (χ1) is 16.5. The number of hydrogen-bond donors (Lipinski definition) is 1. The summed E-state index contributed by atoms with van der Waals surface area (Å²) in [7, 11) is 1.58. The Balaban J connectivity index is 1.92. The third-order valence-corrected chi connectivity index (χ3v) is 6.47. The molecule has 2 atom stereocenters. The lowest BCUT2D eigenvalue weighted by Crippen LogP contribution is -2.49. The van der Waals surface area contributed by atoms with Crippen molar-refractivity contribution in [1.82, 2.24) is 15.1 Å². The van der Waals surface area contributed by atoms with Crippen molar-refractivity contribution in [1.29, 1.82) is 0 Å². The summed E-state index contributed by atoms with van der Waals surface area (Å²) in [6.07, 6.45) is 2.26. The summed E-state index contributed by atoms with van der Waals surface area (Å²) in [5, 5.41) is 3.11. The van der Waals surface area contributed by atoms with Crippen LogP contribution in [-0.4, -0.2) is 68.1 Å². The molecule has 6 nitrogen and oxygen atoms in total. The predicted octanol–water partition coefficient (Wildman–Crippen LogP) is 3.99. The maximum atomic E-state index is 13.7. The van der Waals surface area contributed by atoms with Gasteiger partial charge in [-0.25, -0.2) is 4.39 Å². The Hall–Kier alpha value is -2.77. The number of unbranched alkanes of at least 4 members (excludes halogenated alkanes) is 1. The third-order valence-electron chi connectivity index (χ3n) is 6.47. The van der Waals surface area contributed by atoms with Crippen LogP contribution in [0.2, 0.25) is 0 Å². The first kappa shape index (κ1) is 25.8. The van der Waals surface area contributed by atoms with Gasteiger partial charge in [-0.1, -0.05) is 50.6 Å². The number of carbonyl (C=O) groups excluding carboxylic acids is 2. The van der Waals surface area contributed by atoms with E-state index in [4.69, 9.17) is 4.74 Å². The number of methoxy groups -OCH3 is 1. The molecule has 1 aliphatic heterocycles. The molecule has 7 heteroatoms. The zero-order valence-electron chi connectivity index (χ0n) is 20.4. The maximum Gasteiger partial charge on any atom is 0.254 e. The topological polar surface area (TPSA) is 61.9 Å². The molecule has 2 aromatic rings. The summed E-state index contributed by atoms with van der Waals surface area (Å²) < 4.78 is 19.0. The molecule has 1 N–H and O–H groups in total. The first-order valence-electron chi connectivity index (χ1n) is 12.2. The van der Waals surface area contributed by atoms with E-state index in [1.54, 1.807) is 30.2 Å². The number of hydrogen-bond acceptors (Lipinski definition) is 4. The van der Waals surface area contributed by atoms with E-state index < -0.39 is 12.0 Å². The lowest BCUT2D eigenvalue weighted by Gasteiger charge is -2.41. The van der Waals surface area contributed by atoms with Crippen LogP contribution in [0.25, 0.3) is 0 Å². The minimum Gasteiger partial charge on any atom is -0.383 e. The van der Waals surface area contributed by atoms with Gasteiger partial charge in [-0.2, -0.15) is 0 Å². The monoisotopic (exact) mass is 469 g/mol. The molecule has 2 amide bonds. The van der Waals surface area contributed by atoms with Gasteiger partial charge < -0.3 is 19.9 Å². The zero-order valence-corrected chi connectivity index (χ0v) is 20.4. The van der Waals surface area contributed by atoms with Crippen molar-refractivity contribution in [2.24, 2.45) is 0 Å². The zero-order chi connectivity index (χ0) is 24.5. The van der Waals surface area contributed by atoms with Crippen molar-refractivity contribution in [3.63, 3.8) is 0 Å². The van der Waals surface area contributed by atoms with E-state index in [0.29, 0.717) is 30.8 Å². The van der Waals surface area contributed by atoms with Gasteiger partial charge in [-0.3, -0.25) is 9.59 Å². The van der Waals surface area contributed by atoms with Gasteiger partial charge >= 0.3 is 0 Å². The normalized spacial score (nSPS) is 17.7. The molecular formula is C27H36FN3O3. The average Bonchev–Trinajstić information content (AvgIpc) is 2.85. The van der Waals surface area contributed by atoms with E-state index >= 15 is 0 Å². The van der Waals surface area contributed by atoms with Crippen LogP contribution in [-0.2, 0) is 9.53 Å². The van der Waals surface area contributed by atoms with Crippen LogP contribution in [0.4, 0.5) is 4.39 Å². The average molecular weight is 470 g/mol. The van der Waals surface area contributed by atoms with E-state index in [1.807, 2.05) is 18.2 Å². The molecule has 0 radical (unpaired) electrons. The minimum atomic E-state index is -0.609. The van der Waals surface area contributed by atoms with E-state index in [-0.39, 0.29) is 17.6 Å². The molecule has 0 aliphatic carbocycles. The summed E-state index contributed by atoms with van der Waals surface area (Å²) in [5.74, 6) is -1.25. The number of benzene rings is 2. The molecule has 0 saturated carbocycles. The summed E-state index contributed by atoms with van der Waals surface area (Å²) in [5.41, 5.74) is 1.94. The number of likely N-dealkylation sites (N-methyl/N-ethyl adjacent to an activating group) is 1. The molecule has 184 valence electrons. The highest BCUT2D eigenvalue weighted by Gasteiger charge is 2.43. The van der Waals surface area contributed by atoms with Crippen LogP contribution in [0.3, 0.4) is 0 Å². The van der Waals surface area contributed by atoms with Crippen molar-refractivity contribution in [3.05, 3.63) is 71.0 Å². The molecule has 0 spiro atoms. The van der Waals surface area contributed by atoms with Crippen molar-refractivity contribution >= 4 is 11.8 Å². The Morgan fingerprint density at radius 3 is 2.53 bits per heavy atom. The van der Waals surface area contributed by atoms with E-state index in [2.05, 4.69) is 24.1 Å². The molecule has 0 aromatic heterocycles. The maximum absolute atomic E-state index is 13.7. The molecule has 2 aromatic carbocycles. The molecule has 3 rings (SSSR count). The lowest BCUT2D eigenvalue weighted by atomic mass is 9.79. The van der Waals surface area contributed by atoms with E-state index in [9.17, 15) is 14.0 Å². The number of fused-ring (bicyclic) bond motifs is 1. The smallest absolute Gasteiger partial charge is 0.254 e. The summed E-state index contributed by atoms with van der Waals surface area (Å²) >= 11 is 0. The fourth-order valence-electron chi connectivity index (χ4n) is 4.60. The van der Waals surface area contributed by atoms with Crippen LogP contribution in [0, 0.1) is 5.82 Å². The quantitative estimate of drug-likeness (QED) is 0.511. The molecule has 0 saturated heterocycles. The third kappa shape index (κ3) is 6.02. The van der Waals surface area contributed by atoms with Crippen LogP contribution in [0.5, 0.6) is 0 Å². The number of carbonyl (C=O) groups is 2. The standard InChI is InChI=1S/C27H36FN3O3/c1-4-6-16-30(5-2)17-15-29-26(32)24-22-9-7-8-10-23(22)27(33)31(18-19-34-3)25(24)20-11-13-21(28)14-12-20/h7-14,24-25H,4-6,15-19H2,1-3H3,(H,29,32)/t24-,25-/m0/s1. The van der Waals surface area contributed by atoms with Crippen LogP contribution >= 0.6 is 0 Å². The molecule has 0 fully saturated rings. The van der Waals surface area contributed by atoms with Gasteiger partial charge in [0.25, 0.3) is 5.91 Å². The van der Waals surface area contributed by atoms with Crippen LogP contribution in [0.1, 0.15) is 60.1 Å². The van der Waals surface area contributed by atoms with Crippen molar-refractivity contribution < 1.29 is 18.7 Å². The SMILES string of the molecule is CCCCN(CC)CCNC(=O)[C@H]1c2ccccc2C(=O)N(CCOC)[C@H]1c1ccc(F)cc1. The first-order valence-corrected chi connectivity index (χ1v) is 12.2. The Morgan fingerprint density at radius 1 is 1.12 bits per heavy atom. The fraction of sp³-hybridized carbons (Fsp3) is 0.481. The summed E-state index contributed by atoms with van der Waals surface area (Å²) in [6, 6.07) is 12.8. The van der Waals surface area contributed by atoms with Gasteiger partial charge in [0.2, 0.25) is 5.91 Å². The van der Waals surface area contributed by atoms with Crippen LogP contribution < -0.4 is 5.32 Å². The lowest BCUT2D eigenvalue weighted by molar-refractivity contribution is -0.124. The summed E-state index contributed by atoms with van der Waals surface area (Å²) in [6.45, 7) is 8.19. The predicted molar refractivity (Wildman–Crippen MR) is 131 cm³/mol. The fourth-order valence-corrected chi connectivity index (χ4v) is 4.60. The number of halogens is 1. The summed E-state index contributed by atoms with van der Waals surface area (Å²) in [4.78, 5) is 31.1. The Kier molecular flexibility index (Phi) is 9.60.